The number of halogens is 1. The molecule has 0 bridgehead atoms. The summed E-state index contributed by atoms with van der Waals surface area (Å²) in [6.45, 7) is 4.98. The number of hydrogen-bond acceptors (Lipinski definition) is 2. The minimum absolute atomic E-state index is 0.343. The molecule has 1 aliphatic carbocycles. The summed E-state index contributed by atoms with van der Waals surface area (Å²) in [5, 5.41) is 5.33. The van der Waals surface area contributed by atoms with Gasteiger partial charge in [0.15, 0.2) is 0 Å². The first-order valence-electron chi connectivity index (χ1n) is 5.88. The number of rotatable bonds is 3. The molecule has 1 aromatic heterocycles. The molecule has 2 rings (SSSR count). The third-order valence-electron chi connectivity index (χ3n) is 3.78. The van der Waals surface area contributed by atoms with Crippen LogP contribution in [0, 0.1) is 19.3 Å². The standard InChI is InChI=1S/C12H19ClN2S/c1-9-11(13)10(2)15(14-9)7-12(8-16)5-3-4-6-12/h16H,3-8H2,1-2H3. The Balaban J connectivity index is 2.22. The molecule has 0 amide bonds. The maximum absolute atomic E-state index is 6.17. The maximum atomic E-state index is 6.17. The van der Waals surface area contributed by atoms with Gasteiger partial charge in [0.1, 0.15) is 0 Å². The van der Waals surface area contributed by atoms with Crippen molar-refractivity contribution in [2.45, 2.75) is 46.1 Å². The van der Waals surface area contributed by atoms with E-state index in [1.54, 1.807) is 0 Å². The molecule has 1 saturated carbocycles. The molecule has 1 aliphatic rings. The summed E-state index contributed by atoms with van der Waals surface area (Å²) in [5.74, 6) is 0.947. The number of nitrogens with zero attached hydrogens (tertiary/aromatic N) is 2. The van der Waals surface area contributed by atoms with E-state index >= 15 is 0 Å². The van der Waals surface area contributed by atoms with Gasteiger partial charge < -0.3 is 0 Å². The van der Waals surface area contributed by atoms with E-state index in [4.69, 9.17) is 11.6 Å². The highest BCUT2D eigenvalue weighted by Gasteiger charge is 2.33. The molecule has 2 nitrogen and oxygen atoms in total. The molecule has 1 fully saturated rings. The average molecular weight is 259 g/mol. The van der Waals surface area contributed by atoms with Crippen molar-refractivity contribution in [3.05, 3.63) is 16.4 Å². The summed E-state index contributed by atoms with van der Waals surface area (Å²) in [5.41, 5.74) is 2.37. The summed E-state index contributed by atoms with van der Waals surface area (Å²) >= 11 is 10.7. The third-order valence-corrected chi connectivity index (χ3v) is 5.00. The Morgan fingerprint density at radius 1 is 1.38 bits per heavy atom. The fourth-order valence-corrected chi connectivity index (χ4v) is 3.19. The molecule has 0 saturated heterocycles. The van der Waals surface area contributed by atoms with E-state index < -0.39 is 0 Å². The van der Waals surface area contributed by atoms with Crippen molar-refractivity contribution < 1.29 is 0 Å². The largest absolute Gasteiger partial charge is 0.267 e. The highest BCUT2D eigenvalue weighted by Crippen LogP contribution is 2.41. The average Bonchev–Trinajstić information content (AvgIpc) is 2.83. The monoisotopic (exact) mass is 258 g/mol. The summed E-state index contributed by atoms with van der Waals surface area (Å²) in [7, 11) is 0. The van der Waals surface area contributed by atoms with E-state index in [1.165, 1.54) is 25.7 Å². The summed E-state index contributed by atoms with van der Waals surface area (Å²) in [6, 6.07) is 0. The van der Waals surface area contributed by atoms with E-state index in [0.29, 0.717) is 5.41 Å². The zero-order valence-corrected chi connectivity index (χ0v) is 11.6. The fraction of sp³-hybridized carbons (Fsp3) is 0.750. The summed E-state index contributed by atoms with van der Waals surface area (Å²) < 4.78 is 2.07. The zero-order valence-electron chi connectivity index (χ0n) is 9.96. The first kappa shape index (κ1) is 12.3. The lowest BCUT2D eigenvalue weighted by Gasteiger charge is -2.27. The molecule has 0 aromatic carbocycles. The Kier molecular flexibility index (Phi) is 3.55. The molecule has 0 atom stereocenters. The van der Waals surface area contributed by atoms with Gasteiger partial charge in [0.05, 0.1) is 16.4 Å². The van der Waals surface area contributed by atoms with Gasteiger partial charge in [-0.3, -0.25) is 4.68 Å². The molecule has 0 spiro atoms. The van der Waals surface area contributed by atoms with Gasteiger partial charge in [0.25, 0.3) is 0 Å². The predicted molar refractivity (Wildman–Crippen MR) is 71.5 cm³/mol. The van der Waals surface area contributed by atoms with Gasteiger partial charge in [-0.05, 0) is 37.9 Å². The van der Waals surface area contributed by atoms with E-state index in [2.05, 4.69) is 22.4 Å². The minimum Gasteiger partial charge on any atom is -0.267 e. The van der Waals surface area contributed by atoms with Crippen LogP contribution in [-0.2, 0) is 6.54 Å². The molecule has 90 valence electrons. The Morgan fingerprint density at radius 3 is 2.44 bits per heavy atom. The van der Waals surface area contributed by atoms with Crippen molar-refractivity contribution in [2.75, 3.05) is 5.75 Å². The maximum Gasteiger partial charge on any atom is 0.0844 e. The van der Waals surface area contributed by atoms with Crippen LogP contribution in [0.2, 0.25) is 5.02 Å². The topological polar surface area (TPSA) is 17.8 Å². The van der Waals surface area contributed by atoms with Crippen LogP contribution in [0.25, 0.3) is 0 Å². The van der Waals surface area contributed by atoms with Crippen LogP contribution in [0.1, 0.15) is 37.1 Å². The van der Waals surface area contributed by atoms with E-state index in [9.17, 15) is 0 Å². The first-order valence-corrected chi connectivity index (χ1v) is 6.89. The number of hydrogen-bond donors (Lipinski definition) is 1. The fourth-order valence-electron chi connectivity index (χ4n) is 2.64. The lowest BCUT2D eigenvalue weighted by atomic mass is 9.88. The molecule has 0 N–H and O–H groups in total. The molecule has 4 heteroatoms. The summed E-state index contributed by atoms with van der Waals surface area (Å²) in [6.07, 6.45) is 5.19. The van der Waals surface area contributed by atoms with Gasteiger partial charge in [-0.25, -0.2) is 0 Å². The van der Waals surface area contributed by atoms with Crippen LogP contribution in [0.3, 0.4) is 0 Å². The van der Waals surface area contributed by atoms with Crippen molar-refractivity contribution >= 4 is 24.2 Å². The van der Waals surface area contributed by atoms with Crippen molar-refractivity contribution in [1.29, 1.82) is 0 Å². The highest BCUT2D eigenvalue weighted by molar-refractivity contribution is 7.80. The van der Waals surface area contributed by atoms with Crippen molar-refractivity contribution in [3.63, 3.8) is 0 Å². The minimum atomic E-state index is 0.343. The Bertz CT molecular complexity index is 381. The van der Waals surface area contributed by atoms with Crippen LogP contribution in [0.4, 0.5) is 0 Å². The van der Waals surface area contributed by atoms with Gasteiger partial charge >= 0.3 is 0 Å². The summed E-state index contributed by atoms with van der Waals surface area (Å²) in [4.78, 5) is 0. The second kappa shape index (κ2) is 4.61. The van der Waals surface area contributed by atoms with Crippen molar-refractivity contribution in [3.8, 4) is 0 Å². The van der Waals surface area contributed by atoms with E-state index in [1.807, 2.05) is 13.8 Å². The highest BCUT2D eigenvalue weighted by atomic mass is 35.5. The lowest BCUT2D eigenvalue weighted by Crippen LogP contribution is -2.26. The van der Waals surface area contributed by atoms with Gasteiger partial charge in [-0.1, -0.05) is 24.4 Å². The number of aromatic nitrogens is 2. The third kappa shape index (κ3) is 2.12. The van der Waals surface area contributed by atoms with Crippen LogP contribution in [-0.4, -0.2) is 15.5 Å². The molecule has 1 aromatic rings. The number of aryl methyl sites for hydroxylation is 1. The van der Waals surface area contributed by atoms with Crippen LogP contribution >= 0.6 is 24.2 Å². The van der Waals surface area contributed by atoms with Crippen LogP contribution in [0.5, 0.6) is 0 Å². The van der Waals surface area contributed by atoms with Gasteiger partial charge in [0.2, 0.25) is 0 Å². The second-order valence-electron chi connectivity index (χ2n) is 5.01. The zero-order chi connectivity index (χ0) is 11.8. The smallest absolute Gasteiger partial charge is 0.0844 e. The van der Waals surface area contributed by atoms with E-state index in [0.717, 1.165) is 28.7 Å². The quantitative estimate of drug-likeness (QED) is 0.820. The first-order chi connectivity index (χ1) is 7.58. The molecule has 1 heterocycles. The van der Waals surface area contributed by atoms with Crippen LogP contribution < -0.4 is 0 Å². The molecular formula is C12H19ClN2S. The SMILES string of the molecule is Cc1nn(CC2(CS)CCCC2)c(C)c1Cl. The van der Waals surface area contributed by atoms with E-state index in [-0.39, 0.29) is 0 Å². The molecule has 16 heavy (non-hydrogen) atoms. The van der Waals surface area contributed by atoms with Crippen LogP contribution in [0.15, 0.2) is 0 Å². The normalized spacial score (nSPS) is 19.2. The Labute approximate surface area is 108 Å². The van der Waals surface area contributed by atoms with Crippen molar-refractivity contribution in [1.82, 2.24) is 9.78 Å². The van der Waals surface area contributed by atoms with Gasteiger partial charge in [0, 0.05) is 6.54 Å². The molecule has 0 radical (unpaired) electrons. The molecular weight excluding hydrogens is 240 g/mol. The molecule has 0 unspecified atom stereocenters. The molecule has 0 aliphatic heterocycles. The van der Waals surface area contributed by atoms with Gasteiger partial charge in [-0.2, -0.15) is 17.7 Å². The number of thiol groups is 1. The predicted octanol–water partition coefficient (Wildman–Crippen LogP) is 3.64. The second-order valence-corrected chi connectivity index (χ2v) is 5.70. The van der Waals surface area contributed by atoms with Crippen molar-refractivity contribution in [2.24, 2.45) is 5.41 Å². The lowest BCUT2D eigenvalue weighted by molar-refractivity contribution is 0.273. The Hall–Kier alpha value is -0.150. The Morgan fingerprint density at radius 2 is 2.00 bits per heavy atom. The van der Waals surface area contributed by atoms with Gasteiger partial charge in [-0.15, -0.1) is 0 Å².